The molecule has 2 aromatic heterocycles. The first-order valence-electron chi connectivity index (χ1n) is 10.8. The molecule has 0 bridgehead atoms. The Kier molecular flexibility index (Phi) is 8.04. The third-order valence-electron chi connectivity index (χ3n) is 4.66. The number of rotatable bonds is 11. The molecule has 7 nitrogen and oxygen atoms in total. The molecule has 164 valence electrons. The highest BCUT2D eigenvalue weighted by Crippen LogP contribution is 2.29. The molecular weight excluding hydrogens is 392 g/mol. The van der Waals surface area contributed by atoms with E-state index in [2.05, 4.69) is 23.9 Å². The summed E-state index contributed by atoms with van der Waals surface area (Å²) in [4.78, 5) is 19.4. The van der Waals surface area contributed by atoms with Crippen molar-refractivity contribution in [1.82, 2.24) is 19.7 Å². The average Bonchev–Trinajstić information content (AvgIpc) is 3.33. The van der Waals surface area contributed by atoms with Gasteiger partial charge in [0.25, 0.3) is 5.91 Å². The van der Waals surface area contributed by atoms with Crippen molar-refractivity contribution in [2.24, 2.45) is 0 Å². The summed E-state index contributed by atoms with van der Waals surface area (Å²) in [7, 11) is 0. The van der Waals surface area contributed by atoms with Crippen LogP contribution in [0.25, 0.3) is 5.82 Å². The van der Waals surface area contributed by atoms with E-state index in [1.807, 2.05) is 42.3 Å². The Morgan fingerprint density at radius 2 is 1.94 bits per heavy atom. The van der Waals surface area contributed by atoms with Crippen LogP contribution in [0.1, 0.15) is 49.5 Å². The number of amides is 1. The Morgan fingerprint density at radius 3 is 2.58 bits per heavy atom. The molecule has 3 aromatic rings. The Hall–Kier alpha value is -3.35. The molecular formula is C24H30N4O3. The van der Waals surface area contributed by atoms with Gasteiger partial charge in [-0.1, -0.05) is 19.9 Å². The number of nitrogens with zero attached hydrogens (tertiary/aromatic N) is 4. The van der Waals surface area contributed by atoms with Crippen LogP contribution in [0.5, 0.6) is 11.5 Å². The van der Waals surface area contributed by atoms with Crippen LogP contribution >= 0.6 is 0 Å². The fraction of sp³-hybridized carbons (Fsp3) is 0.375. The Balaban J connectivity index is 1.77. The van der Waals surface area contributed by atoms with Crippen molar-refractivity contribution in [3.63, 3.8) is 0 Å². The van der Waals surface area contributed by atoms with Crippen LogP contribution in [-0.2, 0) is 6.54 Å². The van der Waals surface area contributed by atoms with Crippen molar-refractivity contribution < 1.29 is 14.3 Å². The number of pyridine rings is 1. The number of hydrogen-bond acceptors (Lipinski definition) is 5. The van der Waals surface area contributed by atoms with Gasteiger partial charge in [0.1, 0.15) is 0 Å². The highest BCUT2D eigenvalue weighted by atomic mass is 16.5. The third kappa shape index (κ3) is 5.84. The van der Waals surface area contributed by atoms with Crippen molar-refractivity contribution in [2.75, 3.05) is 19.8 Å². The van der Waals surface area contributed by atoms with E-state index in [0.29, 0.717) is 43.4 Å². The van der Waals surface area contributed by atoms with Crippen LogP contribution in [0.3, 0.4) is 0 Å². The van der Waals surface area contributed by atoms with Crippen LogP contribution in [0, 0.1) is 0 Å². The Bertz CT molecular complexity index is 955. The number of carbonyl (C=O) groups is 1. The lowest BCUT2D eigenvalue weighted by molar-refractivity contribution is 0.0742. The van der Waals surface area contributed by atoms with E-state index >= 15 is 0 Å². The van der Waals surface area contributed by atoms with Gasteiger partial charge in [-0.15, -0.1) is 0 Å². The highest BCUT2D eigenvalue weighted by Gasteiger charge is 2.17. The van der Waals surface area contributed by atoms with Gasteiger partial charge in [-0.25, -0.2) is 9.67 Å². The van der Waals surface area contributed by atoms with Gasteiger partial charge in [0.05, 0.1) is 18.8 Å². The van der Waals surface area contributed by atoms with E-state index in [4.69, 9.17) is 9.47 Å². The molecule has 1 aromatic carbocycles. The first kappa shape index (κ1) is 22.3. The van der Waals surface area contributed by atoms with E-state index in [0.717, 1.165) is 24.2 Å². The topological polar surface area (TPSA) is 69.5 Å². The number of carbonyl (C=O) groups excluding carboxylic acids is 1. The minimum absolute atomic E-state index is 0.0503. The van der Waals surface area contributed by atoms with Gasteiger partial charge in [-0.3, -0.25) is 4.79 Å². The molecule has 0 radical (unpaired) electrons. The Labute approximate surface area is 183 Å². The minimum atomic E-state index is -0.0503. The van der Waals surface area contributed by atoms with Gasteiger partial charge in [0, 0.05) is 31.7 Å². The predicted octanol–water partition coefficient (Wildman–Crippen LogP) is 4.51. The lowest BCUT2D eigenvalue weighted by Gasteiger charge is -2.23. The second-order valence-electron chi connectivity index (χ2n) is 7.14. The van der Waals surface area contributed by atoms with Crippen molar-refractivity contribution in [2.45, 2.75) is 40.2 Å². The first-order chi connectivity index (χ1) is 15.2. The summed E-state index contributed by atoms with van der Waals surface area (Å²) >= 11 is 0. The molecule has 0 aliphatic carbocycles. The third-order valence-corrected chi connectivity index (χ3v) is 4.66. The van der Waals surface area contributed by atoms with Crippen LogP contribution in [-0.4, -0.2) is 45.3 Å². The van der Waals surface area contributed by atoms with Crippen molar-refractivity contribution >= 4 is 5.91 Å². The molecule has 3 rings (SSSR count). The van der Waals surface area contributed by atoms with E-state index in [1.54, 1.807) is 29.2 Å². The molecule has 1 amide bonds. The zero-order chi connectivity index (χ0) is 22.1. The molecule has 2 heterocycles. The standard InChI is InChI=1S/C24H30N4O3/c1-4-13-27(18-19-8-10-21(31-15-5-2)22(16-19)30-6-3)24(29)20-9-11-23(25-17-20)28-14-7-12-26-28/h7-12,14,16-17H,4-6,13,15,18H2,1-3H3. The van der Waals surface area contributed by atoms with Crippen LogP contribution in [0.15, 0.2) is 55.0 Å². The molecule has 0 N–H and O–H groups in total. The van der Waals surface area contributed by atoms with Gasteiger partial charge in [0.2, 0.25) is 0 Å². The number of aromatic nitrogens is 3. The minimum Gasteiger partial charge on any atom is -0.490 e. The molecule has 0 fully saturated rings. The lowest BCUT2D eigenvalue weighted by Crippen LogP contribution is -2.31. The largest absolute Gasteiger partial charge is 0.490 e. The summed E-state index contributed by atoms with van der Waals surface area (Å²) in [5.74, 6) is 2.07. The average molecular weight is 423 g/mol. The van der Waals surface area contributed by atoms with Crippen molar-refractivity contribution in [1.29, 1.82) is 0 Å². The molecule has 7 heteroatoms. The molecule has 0 atom stereocenters. The number of ether oxygens (including phenoxy) is 2. The lowest BCUT2D eigenvalue weighted by atomic mass is 10.1. The molecule has 0 aliphatic rings. The van der Waals surface area contributed by atoms with Gasteiger partial charge < -0.3 is 14.4 Å². The normalized spacial score (nSPS) is 10.7. The van der Waals surface area contributed by atoms with Crippen LogP contribution in [0.2, 0.25) is 0 Å². The maximum atomic E-state index is 13.2. The quantitative estimate of drug-likeness (QED) is 0.455. The zero-order valence-corrected chi connectivity index (χ0v) is 18.5. The van der Waals surface area contributed by atoms with Gasteiger partial charge in [0.15, 0.2) is 17.3 Å². The second kappa shape index (κ2) is 11.2. The highest BCUT2D eigenvalue weighted by molar-refractivity contribution is 5.94. The van der Waals surface area contributed by atoms with E-state index in [-0.39, 0.29) is 5.91 Å². The van der Waals surface area contributed by atoms with Crippen LogP contribution < -0.4 is 9.47 Å². The van der Waals surface area contributed by atoms with Gasteiger partial charge in [-0.05, 0) is 55.7 Å². The number of benzene rings is 1. The predicted molar refractivity (Wildman–Crippen MR) is 120 cm³/mol. The molecule has 31 heavy (non-hydrogen) atoms. The van der Waals surface area contributed by atoms with E-state index in [1.165, 1.54) is 0 Å². The zero-order valence-electron chi connectivity index (χ0n) is 18.5. The van der Waals surface area contributed by atoms with E-state index in [9.17, 15) is 4.79 Å². The summed E-state index contributed by atoms with van der Waals surface area (Å²) in [5.41, 5.74) is 1.55. The fourth-order valence-electron chi connectivity index (χ4n) is 3.23. The molecule has 0 saturated heterocycles. The molecule has 0 saturated carbocycles. The maximum Gasteiger partial charge on any atom is 0.255 e. The summed E-state index contributed by atoms with van der Waals surface area (Å²) < 4.78 is 13.2. The maximum absolute atomic E-state index is 13.2. The fourth-order valence-corrected chi connectivity index (χ4v) is 3.23. The van der Waals surface area contributed by atoms with E-state index < -0.39 is 0 Å². The molecule has 0 unspecified atom stereocenters. The summed E-state index contributed by atoms with van der Waals surface area (Å²) in [6.45, 7) is 8.41. The Morgan fingerprint density at radius 1 is 1.06 bits per heavy atom. The molecule has 0 aliphatic heterocycles. The van der Waals surface area contributed by atoms with Gasteiger partial charge >= 0.3 is 0 Å². The monoisotopic (exact) mass is 422 g/mol. The second-order valence-corrected chi connectivity index (χ2v) is 7.14. The SMILES string of the molecule is CCCOc1ccc(CN(CCC)C(=O)c2ccc(-n3cccn3)nc2)cc1OCC. The van der Waals surface area contributed by atoms with Gasteiger partial charge in [-0.2, -0.15) is 5.10 Å². The van der Waals surface area contributed by atoms with Crippen molar-refractivity contribution in [3.05, 3.63) is 66.1 Å². The summed E-state index contributed by atoms with van der Waals surface area (Å²) in [5, 5.41) is 4.17. The van der Waals surface area contributed by atoms with Crippen molar-refractivity contribution in [3.8, 4) is 17.3 Å². The summed E-state index contributed by atoms with van der Waals surface area (Å²) in [6, 6.07) is 11.3. The smallest absolute Gasteiger partial charge is 0.255 e. The summed E-state index contributed by atoms with van der Waals surface area (Å²) in [6.07, 6.45) is 6.91. The number of hydrogen-bond donors (Lipinski definition) is 0. The van der Waals surface area contributed by atoms with Crippen LogP contribution in [0.4, 0.5) is 0 Å². The first-order valence-corrected chi connectivity index (χ1v) is 10.8. The molecule has 0 spiro atoms.